The second kappa shape index (κ2) is 4.48. The van der Waals surface area contributed by atoms with Crippen molar-refractivity contribution in [2.75, 3.05) is 5.73 Å². The van der Waals surface area contributed by atoms with Gasteiger partial charge in [0.2, 0.25) is 0 Å². The first-order valence-corrected chi connectivity index (χ1v) is 6.99. The second-order valence-corrected chi connectivity index (χ2v) is 6.32. The zero-order valence-electron chi connectivity index (χ0n) is 12.0. The summed E-state index contributed by atoms with van der Waals surface area (Å²) in [4.78, 5) is 12.4. The summed E-state index contributed by atoms with van der Waals surface area (Å²) < 4.78 is 4.02. The Labute approximate surface area is 109 Å². The highest BCUT2D eigenvalue weighted by Crippen LogP contribution is 2.32. The molecule has 0 aliphatic heterocycles. The van der Waals surface area contributed by atoms with Gasteiger partial charge in [-0.15, -0.1) is 0 Å². The molecule has 2 rings (SSSR count). The molecule has 1 heterocycles. The fourth-order valence-electron chi connectivity index (χ4n) is 3.19. The third-order valence-electron chi connectivity index (χ3n) is 3.89. The van der Waals surface area contributed by atoms with Gasteiger partial charge >= 0.3 is 0 Å². The molecule has 0 bridgehead atoms. The van der Waals surface area contributed by atoms with Crippen LogP contribution in [0.4, 0.5) is 5.69 Å². The van der Waals surface area contributed by atoms with Crippen LogP contribution < -0.4 is 11.3 Å². The van der Waals surface area contributed by atoms with Crippen LogP contribution >= 0.6 is 0 Å². The molecule has 1 aliphatic carbocycles. The smallest absolute Gasteiger partial charge is 0.290 e. The summed E-state index contributed by atoms with van der Waals surface area (Å²) in [7, 11) is 0. The molecule has 0 spiro atoms. The van der Waals surface area contributed by atoms with Crippen molar-refractivity contribution in [1.29, 1.82) is 0 Å². The molecule has 102 valence electrons. The number of nitrogens with zero attached hydrogens (tertiary/aromatic N) is 2. The van der Waals surface area contributed by atoms with E-state index in [1.54, 1.807) is 0 Å². The Kier molecular flexibility index (Phi) is 3.30. The van der Waals surface area contributed by atoms with Gasteiger partial charge in [0.05, 0.1) is 11.7 Å². The molecule has 0 amide bonds. The van der Waals surface area contributed by atoms with E-state index in [-0.39, 0.29) is 11.0 Å². The van der Waals surface area contributed by atoms with Crippen molar-refractivity contribution in [3.8, 4) is 0 Å². The SMILES string of the molecule is CCn1c(C(C)(C)C)c(N)c(=O)n1C1CCCC1. The summed E-state index contributed by atoms with van der Waals surface area (Å²) in [6.45, 7) is 9.23. The van der Waals surface area contributed by atoms with E-state index < -0.39 is 0 Å². The predicted octanol–water partition coefficient (Wildman–Crippen LogP) is 2.66. The van der Waals surface area contributed by atoms with Gasteiger partial charge in [0.25, 0.3) is 5.56 Å². The fraction of sp³-hybridized carbons (Fsp3) is 0.786. The van der Waals surface area contributed by atoms with Crippen molar-refractivity contribution in [3.05, 3.63) is 16.0 Å². The molecule has 0 saturated heterocycles. The average Bonchev–Trinajstić information content (AvgIpc) is 2.85. The third-order valence-corrected chi connectivity index (χ3v) is 3.89. The predicted molar refractivity (Wildman–Crippen MR) is 75.0 cm³/mol. The molecule has 2 N–H and O–H groups in total. The van der Waals surface area contributed by atoms with Crippen molar-refractivity contribution in [2.45, 2.75) is 71.4 Å². The number of hydrogen-bond acceptors (Lipinski definition) is 2. The highest BCUT2D eigenvalue weighted by atomic mass is 16.1. The number of nitrogens with two attached hydrogens (primary N) is 1. The average molecular weight is 251 g/mol. The molecule has 1 aromatic rings. The van der Waals surface area contributed by atoms with Gasteiger partial charge in [0, 0.05) is 12.0 Å². The molecule has 1 aromatic heterocycles. The number of rotatable bonds is 2. The van der Waals surface area contributed by atoms with Crippen molar-refractivity contribution in [1.82, 2.24) is 9.36 Å². The van der Waals surface area contributed by atoms with Crippen LogP contribution in [-0.4, -0.2) is 9.36 Å². The van der Waals surface area contributed by atoms with Gasteiger partial charge < -0.3 is 5.73 Å². The number of nitrogen functional groups attached to an aromatic ring is 1. The lowest BCUT2D eigenvalue weighted by Crippen LogP contribution is -2.28. The Morgan fingerprint density at radius 3 is 2.28 bits per heavy atom. The van der Waals surface area contributed by atoms with E-state index in [9.17, 15) is 4.79 Å². The monoisotopic (exact) mass is 251 g/mol. The molecule has 1 saturated carbocycles. The quantitative estimate of drug-likeness (QED) is 0.878. The minimum Gasteiger partial charge on any atom is -0.393 e. The van der Waals surface area contributed by atoms with Crippen molar-refractivity contribution >= 4 is 5.69 Å². The van der Waals surface area contributed by atoms with Crippen LogP contribution in [0, 0.1) is 0 Å². The Morgan fingerprint density at radius 1 is 1.28 bits per heavy atom. The Morgan fingerprint density at radius 2 is 1.83 bits per heavy atom. The molecule has 0 radical (unpaired) electrons. The number of aromatic nitrogens is 2. The topological polar surface area (TPSA) is 52.9 Å². The first-order chi connectivity index (χ1) is 8.38. The lowest BCUT2D eigenvalue weighted by atomic mass is 9.91. The van der Waals surface area contributed by atoms with Crippen molar-refractivity contribution in [3.63, 3.8) is 0 Å². The third kappa shape index (κ3) is 1.98. The molecule has 1 aliphatic rings. The second-order valence-electron chi connectivity index (χ2n) is 6.32. The highest BCUT2D eigenvalue weighted by molar-refractivity contribution is 5.45. The fourth-order valence-corrected chi connectivity index (χ4v) is 3.19. The standard InChI is InChI=1S/C14H25N3O/c1-5-16-12(14(2,3)4)11(15)13(18)17(16)10-8-6-7-9-10/h10H,5-9,15H2,1-4H3. The summed E-state index contributed by atoms with van der Waals surface area (Å²) in [6, 6.07) is 0.343. The molecule has 0 aromatic carbocycles. The molecular weight excluding hydrogens is 226 g/mol. The van der Waals surface area contributed by atoms with E-state index in [2.05, 4.69) is 32.4 Å². The minimum atomic E-state index is -0.0941. The van der Waals surface area contributed by atoms with Gasteiger partial charge in [-0.25, -0.2) is 4.68 Å². The van der Waals surface area contributed by atoms with Crippen LogP contribution in [0.1, 0.15) is 65.1 Å². The Hall–Kier alpha value is -1.19. The number of hydrogen-bond donors (Lipinski definition) is 1. The zero-order chi connectivity index (χ0) is 13.5. The first kappa shape index (κ1) is 13.2. The molecule has 4 heteroatoms. The molecule has 4 nitrogen and oxygen atoms in total. The maximum absolute atomic E-state index is 12.4. The summed E-state index contributed by atoms with van der Waals surface area (Å²) in [5.41, 5.74) is 7.42. The summed E-state index contributed by atoms with van der Waals surface area (Å²) >= 11 is 0. The normalized spacial score (nSPS) is 17.6. The van der Waals surface area contributed by atoms with E-state index in [1.165, 1.54) is 12.8 Å². The minimum absolute atomic E-state index is 0.00803. The van der Waals surface area contributed by atoms with E-state index in [0.717, 1.165) is 25.1 Å². The molecule has 18 heavy (non-hydrogen) atoms. The van der Waals surface area contributed by atoms with Crippen molar-refractivity contribution in [2.24, 2.45) is 0 Å². The lowest BCUT2D eigenvalue weighted by Gasteiger charge is -2.24. The van der Waals surface area contributed by atoms with Gasteiger partial charge in [0.15, 0.2) is 0 Å². The summed E-state index contributed by atoms with van der Waals surface area (Å²) in [6.07, 6.45) is 4.65. The van der Waals surface area contributed by atoms with Crippen LogP contribution in [0.25, 0.3) is 0 Å². The molecule has 0 unspecified atom stereocenters. The van der Waals surface area contributed by atoms with E-state index in [0.29, 0.717) is 11.7 Å². The van der Waals surface area contributed by atoms with E-state index in [1.807, 2.05) is 4.68 Å². The highest BCUT2D eigenvalue weighted by Gasteiger charge is 2.30. The maximum Gasteiger partial charge on any atom is 0.290 e. The molecule has 0 atom stereocenters. The lowest BCUT2D eigenvalue weighted by molar-refractivity contribution is 0.349. The van der Waals surface area contributed by atoms with Crippen LogP contribution in [0.5, 0.6) is 0 Å². The molecule has 1 fully saturated rings. The van der Waals surface area contributed by atoms with Gasteiger partial charge in [-0.2, -0.15) is 0 Å². The Bertz CT molecular complexity index is 484. The summed E-state index contributed by atoms with van der Waals surface area (Å²) in [5, 5.41) is 0. The Balaban J connectivity index is 2.63. The van der Waals surface area contributed by atoms with Gasteiger partial charge in [0.1, 0.15) is 5.69 Å². The van der Waals surface area contributed by atoms with E-state index in [4.69, 9.17) is 5.73 Å². The van der Waals surface area contributed by atoms with E-state index >= 15 is 0 Å². The largest absolute Gasteiger partial charge is 0.393 e. The van der Waals surface area contributed by atoms with Crippen LogP contribution in [0.2, 0.25) is 0 Å². The van der Waals surface area contributed by atoms with Gasteiger partial charge in [-0.1, -0.05) is 33.6 Å². The van der Waals surface area contributed by atoms with Gasteiger partial charge in [-0.3, -0.25) is 9.48 Å². The summed E-state index contributed by atoms with van der Waals surface area (Å²) in [5.74, 6) is 0. The maximum atomic E-state index is 12.4. The van der Waals surface area contributed by atoms with Crippen LogP contribution in [-0.2, 0) is 12.0 Å². The van der Waals surface area contributed by atoms with Crippen molar-refractivity contribution < 1.29 is 0 Å². The molecular formula is C14H25N3O. The van der Waals surface area contributed by atoms with Crippen LogP contribution in [0.15, 0.2) is 4.79 Å². The first-order valence-electron chi connectivity index (χ1n) is 6.99. The van der Waals surface area contributed by atoms with Gasteiger partial charge in [-0.05, 0) is 19.8 Å². The van der Waals surface area contributed by atoms with Crippen LogP contribution in [0.3, 0.4) is 0 Å². The number of anilines is 1. The zero-order valence-corrected chi connectivity index (χ0v) is 12.0.